The van der Waals surface area contributed by atoms with Gasteiger partial charge in [-0.1, -0.05) is 42.5 Å². The summed E-state index contributed by atoms with van der Waals surface area (Å²) in [6.07, 6.45) is 0.162. The number of anilines is 2. The monoisotopic (exact) mass is 392 g/mol. The minimum Gasteiger partial charge on any atom is -0.340 e. The normalized spacial score (nSPS) is 20.9. The van der Waals surface area contributed by atoms with Gasteiger partial charge >= 0.3 is 0 Å². The molecule has 4 rings (SSSR count). The number of hydrogen-bond donors (Lipinski definition) is 2. The summed E-state index contributed by atoms with van der Waals surface area (Å²) in [5, 5.41) is 2.76. The van der Waals surface area contributed by atoms with E-state index in [1.807, 2.05) is 36.4 Å². The summed E-state index contributed by atoms with van der Waals surface area (Å²) in [5.74, 6) is -0.446. The fraction of sp³-hybridized carbons (Fsp3) is 0.318. The van der Waals surface area contributed by atoms with Crippen LogP contribution >= 0.6 is 0 Å². The molecule has 0 aliphatic carbocycles. The zero-order valence-electron chi connectivity index (χ0n) is 16.1. The van der Waals surface area contributed by atoms with E-state index in [0.29, 0.717) is 24.5 Å². The summed E-state index contributed by atoms with van der Waals surface area (Å²) < 4.78 is 0. The van der Waals surface area contributed by atoms with E-state index in [4.69, 9.17) is 5.73 Å². The van der Waals surface area contributed by atoms with E-state index in [1.54, 1.807) is 23.1 Å². The molecule has 0 saturated carbocycles. The zero-order valence-corrected chi connectivity index (χ0v) is 16.1. The Labute approximate surface area is 169 Å². The van der Waals surface area contributed by atoms with Gasteiger partial charge in [0.2, 0.25) is 17.7 Å². The first-order chi connectivity index (χ1) is 14.0. The minimum atomic E-state index is -0.236. The number of carbonyl (C=O) groups is 3. The fourth-order valence-corrected chi connectivity index (χ4v) is 4.05. The molecular formula is C22H24N4O3. The van der Waals surface area contributed by atoms with E-state index in [9.17, 15) is 14.4 Å². The van der Waals surface area contributed by atoms with E-state index in [1.165, 1.54) is 4.90 Å². The molecule has 7 nitrogen and oxygen atoms in total. The molecule has 2 aliphatic rings. The van der Waals surface area contributed by atoms with Crippen molar-refractivity contribution in [3.05, 3.63) is 60.2 Å². The number of benzene rings is 2. The number of nitrogens with two attached hydrogens (primary N) is 1. The van der Waals surface area contributed by atoms with Gasteiger partial charge in [0, 0.05) is 37.9 Å². The summed E-state index contributed by atoms with van der Waals surface area (Å²) in [5.41, 5.74) is 8.67. The Hall–Kier alpha value is -3.19. The molecule has 0 bridgehead atoms. The van der Waals surface area contributed by atoms with Crippen LogP contribution in [0.15, 0.2) is 54.6 Å². The maximum Gasteiger partial charge on any atom is 0.244 e. The number of likely N-dealkylation sites (tertiary alicyclic amines) is 1. The van der Waals surface area contributed by atoms with Gasteiger partial charge in [0.05, 0.1) is 11.4 Å². The number of hydrogen-bond acceptors (Lipinski definition) is 4. The summed E-state index contributed by atoms with van der Waals surface area (Å²) in [6, 6.07) is 17.0. The van der Waals surface area contributed by atoms with Gasteiger partial charge in [-0.15, -0.1) is 0 Å². The highest BCUT2D eigenvalue weighted by atomic mass is 16.2. The maximum absolute atomic E-state index is 12.7. The highest BCUT2D eigenvalue weighted by molar-refractivity contribution is 6.10. The largest absolute Gasteiger partial charge is 0.340 e. The lowest BCUT2D eigenvalue weighted by Gasteiger charge is -2.29. The third-order valence-electron chi connectivity index (χ3n) is 5.57. The Bertz CT molecular complexity index is 931. The van der Waals surface area contributed by atoms with Crippen LogP contribution < -0.4 is 16.0 Å². The van der Waals surface area contributed by atoms with Crippen molar-refractivity contribution >= 4 is 29.1 Å². The third-order valence-corrected chi connectivity index (χ3v) is 5.57. The van der Waals surface area contributed by atoms with Crippen molar-refractivity contribution in [1.29, 1.82) is 0 Å². The number of fused-ring (bicyclic) bond motifs is 1. The molecule has 7 heteroatoms. The van der Waals surface area contributed by atoms with Gasteiger partial charge in [0.15, 0.2) is 0 Å². The Morgan fingerprint density at radius 2 is 1.66 bits per heavy atom. The van der Waals surface area contributed by atoms with Crippen LogP contribution in [0.3, 0.4) is 0 Å². The molecule has 0 unspecified atom stereocenters. The number of rotatable bonds is 4. The topological polar surface area (TPSA) is 95.7 Å². The second-order valence-electron chi connectivity index (χ2n) is 7.52. The van der Waals surface area contributed by atoms with Crippen molar-refractivity contribution < 1.29 is 14.4 Å². The van der Waals surface area contributed by atoms with Gasteiger partial charge < -0.3 is 20.9 Å². The number of nitrogens with one attached hydrogen (secondary N) is 1. The molecule has 1 fully saturated rings. The number of carbonyl (C=O) groups excluding carboxylic acids is 3. The van der Waals surface area contributed by atoms with Crippen molar-refractivity contribution in [2.24, 2.45) is 5.73 Å². The van der Waals surface area contributed by atoms with E-state index < -0.39 is 0 Å². The predicted octanol–water partition coefficient (Wildman–Crippen LogP) is 1.71. The highest BCUT2D eigenvalue weighted by Crippen LogP contribution is 2.30. The molecule has 3 N–H and O–H groups in total. The lowest BCUT2D eigenvalue weighted by Crippen LogP contribution is -2.42. The van der Waals surface area contributed by atoms with Crippen LogP contribution in [0, 0.1) is 0 Å². The quantitative estimate of drug-likeness (QED) is 0.828. The van der Waals surface area contributed by atoms with Crippen LogP contribution in [0.4, 0.5) is 11.4 Å². The van der Waals surface area contributed by atoms with Crippen LogP contribution in [0.2, 0.25) is 0 Å². The molecule has 3 amide bonds. The first-order valence-electron chi connectivity index (χ1n) is 9.80. The zero-order chi connectivity index (χ0) is 20.4. The second-order valence-corrected chi connectivity index (χ2v) is 7.52. The summed E-state index contributed by atoms with van der Waals surface area (Å²) in [6.45, 7) is 1.02. The highest BCUT2D eigenvalue weighted by Gasteiger charge is 2.34. The van der Waals surface area contributed by atoms with Crippen LogP contribution in [0.1, 0.15) is 24.3 Å². The number of para-hydroxylation sites is 2. The Balaban J connectivity index is 1.37. The molecule has 2 aromatic rings. The van der Waals surface area contributed by atoms with Crippen molar-refractivity contribution in [3.63, 3.8) is 0 Å². The van der Waals surface area contributed by atoms with Crippen molar-refractivity contribution in [1.82, 2.24) is 4.90 Å². The molecule has 0 radical (unpaired) electrons. The predicted molar refractivity (Wildman–Crippen MR) is 110 cm³/mol. The van der Waals surface area contributed by atoms with Crippen LogP contribution in [-0.2, 0) is 14.4 Å². The Morgan fingerprint density at radius 3 is 2.45 bits per heavy atom. The lowest BCUT2D eigenvalue weighted by molar-refractivity contribution is -0.132. The molecule has 150 valence electrons. The second kappa shape index (κ2) is 8.05. The van der Waals surface area contributed by atoms with E-state index in [2.05, 4.69) is 5.32 Å². The van der Waals surface area contributed by atoms with Gasteiger partial charge in [-0.2, -0.15) is 0 Å². The SMILES string of the molecule is N[C@@H]1CN(C(=O)CCC(=O)N2CC(=O)Nc3ccccc32)C[C@H]1c1ccccc1. The molecule has 0 aromatic heterocycles. The van der Waals surface area contributed by atoms with Crippen molar-refractivity contribution in [2.45, 2.75) is 24.8 Å². The first kappa shape index (κ1) is 19.1. The molecular weight excluding hydrogens is 368 g/mol. The fourth-order valence-electron chi connectivity index (χ4n) is 4.05. The van der Waals surface area contributed by atoms with E-state index >= 15 is 0 Å². The average Bonchev–Trinajstić information content (AvgIpc) is 3.13. The molecule has 0 spiro atoms. The molecule has 1 saturated heterocycles. The first-order valence-corrected chi connectivity index (χ1v) is 9.80. The van der Waals surface area contributed by atoms with E-state index in [-0.39, 0.29) is 49.1 Å². The van der Waals surface area contributed by atoms with Gasteiger partial charge in [0.25, 0.3) is 0 Å². The maximum atomic E-state index is 12.7. The van der Waals surface area contributed by atoms with Crippen LogP contribution in [-0.4, -0.2) is 48.3 Å². The lowest BCUT2D eigenvalue weighted by atomic mass is 9.95. The van der Waals surface area contributed by atoms with Gasteiger partial charge in [-0.3, -0.25) is 14.4 Å². The van der Waals surface area contributed by atoms with Crippen LogP contribution in [0.5, 0.6) is 0 Å². The number of amides is 3. The smallest absolute Gasteiger partial charge is 0.244 e. The molecule has 2 atom stereocenters. The molecule has 2 heterocycles. The Kier molecular flexibility index (Phi) is 5.31. The van der Waals surface area contributed by atoms with Gasteiger partial charge in [0.1, 0.15) is 6.54 Å². The standard InChI is InChI=1S/C22H24N4O3/c23-17-13-25(12-16(17)15-6-2-1-3-7-15)21(28)10-11-22(29)26-14-20(27)24-18-8-4-5-9-19(18)26/h1-9,16-17H,10-14,23H2,(H,24,27)/t16-,17+/m0/s1. The van der Waals surface area contributed by atoms with Crippen molar-refractivity contribution in [3.8, 4) is 0 Å². The summed E-state index contributed by atoms with van der Waals surface area (Å²) >= 11 is 0. The summed E-state index contributed by atoms with van der Waals surface area (Å²) in [7, 11) is 0. The number of nitrogens with zero attached hydrogens (tertiary/aromatic N) is 2. The van der Waals surface area contributed by atoms with Crippen LogP contribution in [0.25, 0.3) is 0 Å². The van der Waals surface area contributed by atoms with E-state index in [0.717, 1.165) is 5.56 Å². The molecule has 2 aromatic carbocycles. The summed E-state index contributed by atoms with van der Waals surface area (Å²) in [4.78, 5) is 40.5. The Morgan fingerprint density at radius 1 is 0.966 bits per heavy atom. The van der Waals surface area contributed by atoms with Gasteiger partial charge in [-0.05, 0) is 17.7 Å². The molecule has 2 aliphatic heterocycles. The molecule has 29 heavy (non-hydrogen) atoms. The average molecular weight is 392 g/mol. The van der Waals surface area contributed by atoms with Gasteiger partial charge in [-0.25, -0.2) is 0 Å². The van der Waals surface area contributed by atoms with Crippen molar-refractivity contribution in [2.75, 3.05) is 29.9 Å². The minimum absolute atomic E-state index is 0.0330. The third kappa shape index (κ3) is 4.00.